The number of hydrogen-bond donors (Lipinski definition) is 1. The summed E-state index contributed by atoms with van der Waals surface area (Å²) in [6.07, 6.45) is 3.18. The first-order chi connectivity index (χ1) is 9.24. The van der Waals surface area contributed by atoms with Gasteiger partial charge in [0.15, 0.2) is 5.69 Å². The van der Waals surface area contributed by atoms with Crippen LogP contribution in [0.15, 0.2) is 45.7 Å². The van der Waals surface area contributed by atoms with Crippen molar-refractivity contribution in [3.05, 3.63) is 41.1 Å². The van der Waals surface area contributed by atoms with Crippen LogP contribution in [-0.4, -0.2) is 25.2 Å². The zero-order valence-corrected chi connectivity index (χ0v) is 11.1. The monoisotopic (exact) mass is 318 g/mol. The molecule has 3 aromatic heterocycles. The van der Waals surface area contributed by atoms with E-state index in [-0.39, 0.29) is 17.3 Å². The Kier molecular flexibility index (Phi) is 2.96. The lowest BCUT2D eigenvalue weighted by molar-refractivity contribution is 0.423. The largest absolute Gasteiger partial charge is 0.505 e. The molecule has 3 aromatic rings. The quantitative estimate of drug-likeness (QED) is 0.781. The second-order valence-corrected chi connectivity index (χ2v) is 4.57. The molecule has 0 fully saturated rings. The van der Waals surface area contributed by atoms with Gasteiger partial charge in [-0.25, -0.2) is 4.98 Å². The van der Waals surface area contributed by atoms with Crippen molar-refractivity contribution in [2.75, 3.05) is 0 Å². The molecule has 6 nitrogen and oxygen atoms in total. The molecule has 0 amide bonds. The summed E-state index contributed by atoms with van der Waals surface area (Å²) < 4.78 is 5.94. The average molecular weight is 319 g/mol. The van der Waals surface area contributed by atoms with Crippen LogP contribution in [0, 0.1) is 0 Å². The van der Waals surface area contributed by atoms with Crippen molar-refractivity contribution in [2.45, 2.75) is 0 Å². The van der Waals surface area contributed by atoms with Gasteiger partial charge in [-0.2, -0.15) is 4.98 Å². The summed E-state index contributed by atoms with van der Waals surface area (Å²) in [5.41, 5.74) is 0.826. The number of pyridine rings is 2. The molecule has 0 aromatic carbocycles. The van der Waals surface area contributed by atoms with Gasteiger partial charge in [-0.3, -0.25) is 4.98 Å². The minimum absolute atomic E-state index is 0.0125. The maximum atomic E-state index is 9.67. The van der Waals surface area contributed by atoms with E-state index in [9.17, 15) is 5.11 Å². The van der Waals surface area contributed by atoms with Crippen LogP contribution in [0.3, 0.4) is 0 Å². The molecule has 0 radical (unpaired) electrons. The fourth-order valence-electron chi connectivity index (χ4n) is 1.49. The Morgan fingerprint density at radius 2 is 2.05 bits per heavy atom. The van der Waals surface area contributed by atoms with E-state index in [2.05, 4.69) is 36.0 Å². The molecule has 0 saturated heterocycles. The molecule has 0 unspecified atom stereocenters. The third kappa shape index (κ3) is 2.32. The van der Waals surface area contributed by atoms with Gasteiger partial charge in [-0.1, -0.05) is 5.16 Å². The van der Waals surface area contributed by atoms with E-state index in [0.29, 0.717) is 11.5 Å². The van der Waals surface area contributed by atoms with E-state index in [1.165, 1.54) is 12.3 Å². The lowest BCUT2D eigenvalue weighted by Crippen LogP contribution is -1.86. The zero-order valence-electron chi connectivity index (χ0n) is 9.49. The fourth-order valence-corrected chi connectivity index (χ4v) is 1.73. The van der Waals surface area contributed by atoms with Gasteiger partial charge < -0.3 is 9.63 Å². The van der Waals surface area contributed by atoms with Crippen LogP contribution in [0.25, 0.3) is 23.1 Å². The predicted octanol–water partition coefficient (Wildman–Crippen LogP) is 2.66. The smallest absolute Gasteiger partial charge is 0.280 e. The SMILES string of the molecule is Oc1cccnc1-c1nc(-c2ccc(Br)cn2)no1. The normalized spacial score (nSPS) is 10.6. The maximum Gasteiger partial charge on any atom is 0.280 e. The van der Waals surface area contributed by atoms with Gasteiger partial charge in [-0.15, -0.1) is 0 Å². The summed E-state index contributed by atoms with van der Waals surface area (Å²) in [4.78, 5) is 12.3. The summed E-state index contributed by atoms with van der Waals surface area (Å²) in [6.45, 7) is 0. The minimum Gasteiger partial charge on any atom is -0.505 e. The number of rotatable bonds is 2. The van der Waals surface area contributed by atoms with Gasteiger partial charge in [0.1, 0.15) is 11.4 Å². The van der Waals surface area contributed by atoms with Crippen LogP contribution in [0.1, 0.15) is 0 Å². The molecule has 94 valence electrons. The Morgan fingerprint density at radius 3 is 2.79 bits per heavy atom. The zero-order chi connectivity index (χ0) is 13.2. The van der Waals surface area contributed by atoms with Crippen LogP contribution in [-0.2, 0) is 0 Å². The number of aromatic nitrogens is 4. The number of hydrogen-bond acceptors (Lipinski definition) is 6. The molecule has 0 aliphatic heterocycles. The Balaban J connectivity index is 2.00. The molecule has 0 aliphatic carbocycles. The van der Waals surface area contributed by atoms with E-state index in [4.69, 9.17) is 4.52 Å². The molecule has 19 heavy (non-hydrogen) atoms. The lowest BCUT2D eigenvalue weighted by Gasteiger charge is -1.95. The first kappa shape index (κ1) is 11.8. The third-order valence-electron chi connectivity index (χ3n) is 2.37. The Bertz CT molecular complexity index is 712. The van der Waals surface area contributed by atoms with Crippen molar-refractivity contribution in [1.29, 1.82) is 0 Å². The highest BCUT2D eigenvalue weighted by Gasteiger charge is 2.15. The van der Waals surface area contributed by atoms with Crippen LogP contribution in [0.2, 0.25) is 0 Å². The van der Waals surface area contributed by atoms with Crippen LogP contribution in [0.4, 0.5) is 0 Å². The second kappa shape index (κ2) is 4.77. The molecule has 1 N–H and O–H groups in total. The highest BCUT2D eigenvalue weighted by Crippen LogP contribution is 2.26. The number of aromatic hydroxyl groups is 1. The minimum atomic E-state index is -0.0125. The lowest BCUT2D eigenvalue weighted by atomic mass is 10.3. The first-order valence-electron chi connectivity index (χ1n) is 5.34. The summed E-state index contributed by atoms with van der Waals surface area (Å²) in [6, 6.07) is 6.71. The molecule has 0 saturated carbocycles. The summed E-state index contributed by atoms with van der Waals surface area (Å²) in [7, 11) is 0. The highest BCUT2D eigenvalue weighted by atomic mass is 79.9. The number of nitrogens with zero attached hydrogens (tertiary/aromatic N) is 4. The van der Waals surface area contributed by atoms with E-state index < -0.39 is 0 Å². The molecular weight excluding hydrogens is 312 g/mol. The van der Waals surface area contributed by atoms with Crippen LogP contribution < -0.4 is 0 Å². The van der Waals surface area contributed by atoms with Crippen molar-refractivity contribution in [3.63, 3.8) is 0 Å². The third-order valence-corrected chi connectivity index (χ3v) is 2.84. The van der Waals surface area contributed by atoms with Gasteiger partial charge >= 0.3 is 0 Å². The summed E-state index contributed by atoms with van der Waals surface area (Å²) in [5.74, 6) is 0.479. The predicted molar refractivity (Wildman–Crippen MR) is 70.1 cm³/mol. The van der Waals surface area contributed by atoms with Crippen LogP contribution in [0.5, 0.6) is 5.75 Å². The van der Waals surface area contributed by atoms with Crippen molar-refractivity contribution in [3.8, 4) is 28.9 Å². The van der Waals surface area contributed by atoms with Crippen molar-refractivity contribution in [2.24, 2.45) is 0 Å². The molecule has 3 rings (SSSR count). The maximum absolute atomic E-state index is 9.67. The standard InChI is InChI=1S/C12H7BrN4O2/c13-7-3-4-8(15-6-7)11-16-12(19-17-11)10-9(18)2-1-5-14-10/h1-6,18H. The molecular formula is C12H7BrN4O2. The average Bonchev–Trinajstić information content (AvgIpc) is 2.89. The van der Waals surface area contributed by atoms with Crippen molar-refractivity contribution < 1.29 is 9.63 Å². The Hall–Kier alpha value is -2.28. The molecule has 0 spiro atoms. The number of halogens is 1. The Morgan fingerprint density at radius 1 is 1.16 bits per heavy atom. The fraction of sp³-hybridized carbons (Fsp3) is 0. The second-order valence-electron chi connectivity index (χ2n) is 3.66. The Labute approximate surface area is 116 Å². The van der Waals surface area contributed by atoms with Gasteiger partial charge in [-0.05, 0) is 40.2 Å². The van der Waals surface area contributed by atoms with Gasteiger partial charge in [0.25, 0.3) is 5.89 Å². The van der Waals surface area contributed by atoms with Gasteiger partial charge in [0.05, 0.1) is 0 Å². The van der Waals surface area contributed by atoms with E-state index in [0.717, 1.165) is 4.47 Å². The molecule has 0 atom stereocenters. The molecule has 0 aliphatic rings. The van der Waals surface area contributed by atoms with Crippen LogP contribution >= 0.6 is 15.9 Å². The molecule has 3 heterocycles. The highest BCUT2D eigenvalue weighted by molar-refractivity contribution is 9.10. The van der Waals surface area contributed by atoms with E-state index >= 15 is 0 Å². The van der Waals surface area contributed by atoms with Crippen molar-refractivity contribution >= 4 is 15.9 Å². The topological polar surface area (TPSA) is 84.9 Å². The molecule has 0 bridgehead atoms. The van der Waals surface area contributed by atoms with Gasteiger partial charge in [0.2, 0.25) is 5.82 Å². The summed E-state index contributed by atoms with van der Waals surface area (Å²) in [5, 5.41) is 13.5. The van der Waals surface area contributed by atoms with Gasteiger partial charge in [0, 0.05) is 16.9 Å². The molecule has 7 heteroatoms. The van der Waals surface area contributed by atoms with E-state index in [1.807, 2.05) is 6.07 Å². The summed E-state index contributed by atoms with van der Waals surface area (Å²) >= 11 is 3.30. The first-order valence-corrected chi connectivity index (χ1v) is 6.13. The van der Waals surface area contributed by atoms with Crippen molar-refractivity contribution in [1.82, 2.24) is 20.1 Å². The van der Waals surface area contributed by atoms with E-state index in [1.54, 1.807) is 18.3 Å².